The molecule has 0 fully saturated rings. The standard InChI is InChI=1S/C12H11NO/c1-9-6-7-11(13-8-9)10-4-2-3-5-12(10)14/h2-8,14H,1H3. The third kappa shape index (κ3) is 1.59. The summed E-state index contributed by atoms with van der Waals surface area (Å²) in [4.78, 5) is 4.25. The molecule has 2 nitrogen and oxygen atoms in total. The molecule has 0 spiro atoms. The van der Waals surface area contributed by atoms with Crippen molar-refractivity contribution in [3.8, 4) is 17.0 Å². The zero-order valence-electron chi connectivity index (χ0n) is 7.94. The average molecular weight is 185 g/mol. The summed E-state index contributed by atoms with van der Waals surface area (Å²) in [6.45, 7) is 1.99. The highest BCUT2D eigenvalue weighted by molar-refractivity contribution is 5.66. The first-order valence-electron chi connectivity index (χ1n) is 4.48. The molecule has 0 aliphatic heterocycles. The number of aromatic nitrogens is 1. The van der Waals surface area contributed by atoms with Gasteiger partial charge in [0, 0.05) is 11.8 Å². The Balaban J connectivity index is 2.50. The molecule has 0 aliphatic rings. The fraction of sp³-hybridized carbons (Fsp3) is 0.0833. The number of phenolic OH excluding ortho intramolecular Hbond substituents is 1. The van der Waals surface area contributed by atoms with Crippen LogP contribution in [0.2, 0.25) is 0 Å². The molecule has 2 rings (SSSR count). The molecule has 1 aromatic carbocycles. The fourth-order valence-electron chi connectivity index (χ4n) is 1.32. The topological polar surface area (TPSA) is 33.1 Å². The van der Waals surface area contributed by atoms with E-state index >= 15 is 0 Å². The molecule has 0 saturated heterocycles. The summed E-state index contributed by atoms with van der Waals surface area (Å²) in [5, 5.41) is 9.59. The number of nitrogens with zero attached hydrogens (tertiary/aromatic N) is 1. The molecule has 0 aliphatic carbocycles. The first-order chi connectivity index (χ1) is 6.77. The van der Waals surface area contributed by atoms with Gasteiger partial charge in [-0.3, -0.25) is 4.98 Å². The van der Waals surface area contributed by atoms with E-state index in [1.807, 2.05) is 31.2 Å². The number of hydrogen-bond acceptors (Lipinski definition) is 2. The van der Waals surface area contributed by atoms with Crippen molar-refractivity contribution < 1.29 is 5.11 Å². The molecule has 0 bridgehead atoms. The van der Waals surface area contributed by atoms with Crippen molar-refractivity contribution in [3.63, 3.8) is 0 Å². The molecule has 70 valence electrons. The molecule has 0 radical (unpaired) electrons. The Kier molecular flexibility index (Phi) is 2.19. The monoisotopic (exact) mass is 185 g/mol. The van der Waals surface area contributed by atoms with Crippen molar-refractivity contribution in [1.29, 1.82) is 0 Å². The van der Waals surface area contributed by atoms with Gasteiger partial charge in [-0.15, -0.1) is 0 Å². The molecule has 1 aromatic heterocycles. The third-order valence-corrected chi connectivity index (χ3v) is 2.09. The van der Waals surface area contributed by atoms with Crippen LogP contribution < -0.4 is 0 Å². The van der Waals surface area contributed by atoms with E-state index in [0.717, 1.165) is 16.8 Å². The first-order valence-corrected chi connectivity index (χ1v) is 4.48. The summed E-state index contributed by atoms with van der Waals surface area (Å²) in [6.07, 6.45) is 1.79. The number of rotatable bonds is 1. The molecular weight excluding hydrogens is 174 g/mol. The van der Waals surface area contributed by atoms with E-state index in [4.69, 9.17) is 0 Å². The third-order valence-electron chi connectivity index (χ3n) is 2.09. The highest BCUT2D eigenvalue weighted by atomic mass is 16.3. The van der Waals surface area contributed by atoms with Crippen LogP contribution in [0.1, 0.15) is 5.56 Å². The Morgan fingerprint density at radius 3 is 2.50 bits per heavy atom. The second-order valence-corrected chi connectivity index (χ2v) is 3.24. The number of aryl methyl sites for hydroxylation is 1. The van der Waals surface area contributed by atoms with E-state index in [2.05, 4.69) is 4.98 Å². The van der Waals surface area contributed by atoms with Gasteiger partial charge in [0.15, 0.2) is 0 Å². The Morgan fingerprint density at radius 1 is 1.07 bits per heavy atom. The van der Waals surface area contributed by atoms with Crippen molar-refractivity contribution in [1.82, 2.24) is 4.98 Å². The Hall–Kier alpha value is -1.83. The predicted octanol–water partition coefficient (Wildman–Crippen LogP) is 2.76. The van der Waals surface area contributed by atoms with E-state index in [9.17, 15) is 5.11 Å². The maximum atomic E-state index is 9.59. The highest BCUT2D eigenvalue weighted by Gasteiger charge is 2.02. The van der Waals surface area contributed by atoms with Crippen LogP contribution in [-0.4, -0.2) is 10.1 Å². The number of benzene rings is 1. The van der Waals surface area contributed by atoms with Crippen LogP contribution in [0.5, 0.6) is 5.75 Å². The predicted molar refractivity (Wildman–Crippen MR) is 56.1 cm³/mol. The summed E-state index contributed by atoms with van der Waals surface area (Å²) in [5.41, 5.74) is 2.69. The number of para-hydroxylation sites is 1. The smallest absolute Gasteiger partial charge is 0.124 e. The summed E-state index contributed by atoms with van der Waals surface area (Å²) < 4.78 is 0. The van der Waals surface area contributed by atoms with Gasteiger partial charge in [0.05, 0.1) is 5.69 Å². The van der Waals surface area contributed by atoms with Crippen molar-refractivity contribution in [3.05, 3.63) is 48.2 Å². The number of phenols is 1. The Labute approximate surface area is 82.9 Å². The van der Waals surface area contributed by atoms with Gasteiger partial charge in [-0.25, -0.2) is 0 Å². The maximum Gasteiger partial charge on any atom is 0.124 e. The van der Waals surface area contributed by atoms with E-state index in [1.165, 1.54) is 0 Å². The summed E-state index contributed by atoms with van der Waals surface area (Å²) >= 11 is 0. The van der Waals surface area contributed by atoms with E-state index < -0.39 is 0 Å². The summed E-state index contributed by atoms with van der Waals surface area (Å²) in [6, 6.07) is 11.1. The number of pyridine rings is 1. The molecule has 14 heavy (non-hydrogen) atoms. The normalized spacial score (nSPS) is 10.1. The van der Waals surface area contributed by atoms with Crippen LogP contribution in [0.25, 0.3) is 11.3 Å². The van der Waals surface area contributed by atoms with Gasteiger partial charge in [-0.1, -0.05) is 18.2 Å². The molecule has 0 atom stereocenters. The SMILES string of the molecule is Cc1ccc(-c2ccccc2O)nc1. The lowest BCUT2D eigenvalue weighted by molar-refractivity contribution is 0.477. The van der Waals surface area contributed by atoms with Gasteiger partial charge in [0.2, 0.25) is 0 Å². The van der Waals surface area contributed by atoms with Crippen molar-refractivity contribution in [2.24, 2.45) is 0 Å². The number of hydrogen-bond donors (Lipinski definition) is 1. The van der Waals surface area contributed by atoms with Crippen LogP contribution in [-0.2, 0) is 0 Å². The molecule has 0 unspecified atom stereocenters. The van der Waals surface area contributed by atoms with Gasteiger partial charge in [-0.05, 0) is 30.7 Å². The largest absolute Gasteiger partial charge is 0.507 e. The van der Waals surface area contributed by atoms with Crippen molar-refractivity contribution in [2.45, 2.75) is 6.92 Å². The maximum absolute atomic E-state index is 9.59. The van der Waals surface area contributed by atoms with Gasteiger partial charge >= 0.3 is 0 Å². The minimum Gasteiger partial charge on any atom is -0.507 e. The lowest BCUT2D eigenvalue weighted by Crippen LogP contribution is -1.84. The van der Waals surface area contributed by atoms with Gasteiger partial charge < -0.3 is 5.11 Å². The summed E-state index contributed by atoms with van der Waals surface area (Å²) in [5.74, 6) is 0.267. The van der Waals surface area contributed by atoms with Crippen LogP contribution in [0, 0.1) is 6.92 Å². The minimum atomic E-state index is 0.267. The van der Waals surface area contributed by atoms with Crippen LogP contribution in [0.15, 0.2) is 42.6 Å². The Bertz CT molecular complexity index is 434. The van der Waals surface area contributed by atoms with E-state index in [0.29, 0.717) is 0 Å². The molecule has 1 heterocycles. The zero-order chi connectivity index (χ0) is 9.97. The van der Waals surface area contributed by atoms with Crippen molar-refractivity contribution in [2.75, 3.05) is 0 Å². The molecular formula is C12H11NO. The summed E-state index contributed by atoms with van der Waals surface area (Å²) in [7, 11) is 0. The second kappa shape index (κ2) is 3.50. The minimum absolute atomic E-state index is 0.267. The van der Waals surface area contributed by atoms with Crippen LogP contribution >= 0.6 is 0 Å². The van der Waals surface area contributed by atoms with Crippen molar-refractivity contribution >= 4 is 0 Å². The highest BCUT2D eigenvalue weighted by Crippen LogP contribution is 2.26. The average Bonchev–Trinajstić information content (AvgIpc) is 2.20. The second-order valence-electron chi connectivity index (χ2n) is 3.24. The molecule has 0 amide bonds. The quantitative estimate of drug-likeness (QED) is 0.741. The fourth-order valence-corrected chi connectivity index (χ4v) is 1.32. The van der Waals surface area contributed by atoms with Gasteiger partial charge in [0.1, 0.15) is 5.75 Å². The molecule has 0 saturated carbocycles. The molecule has 2 aromatic rings. The molecule has 2 heteroatoms. The molecule has 1 N–H and O–H groups in total. The van der Waals surface area contributed by atoms with Gasteiger partial charge in [0.25, 0.3) is 0 Å². The van der Waals surface area contributed by atoms with E-state index in [-0.39, 0.29) is 5.75 Å². The van der Waals surface area contributed by atoms with E-state index in [1.54, 1.807) is 18.3 Å². The lowest BCUT2D eigenvalue weighted by atomic mass is 10.1. The zero-order valence-corrected chi connectivity index (χ0v) is 7.94. The van der Waals surface area contributed by atoms with Crippen LogP contribution in [0.3, 0.4) is 0 Å². The first kappa shape index (κ1) is 8.75. The van der Waals surface area contributed by atoms with Gasteiger partial charge in [-0.2, -0.15) is 0 Å². The van der Waals surface area contributed by atoms with Crippen LogP contribution in [0.4, 0.5) is 0 Å². The lowest BCUT2D eigenvalue weighted by Gasteiger charge is -2.03. The Morgan fingerprint density at radius 2 is 1.86 bits per heavy atom. The number of aromatic hydroxyl groups is 1.